The number of hydrogen-bond donors (Lipinski definition) is 0. The molecule has 21 heavy (non-hydrogen) atoms. The molecule has 110 valence electrons. The van der Waals surface area contributed by atoms with E-state index in [-0.39, 0.29) is 6.09 Å². The normalized spacial score (nSPS) is 15.1. The highest BCUT2D eigenvalue weighted by atomic mass is 16.5. The van der Waals surface area contributed by atoms with E-state index in [0.29, 0.717) is 0 Å². The molecule has 0 fully saturated rings. The average Bonchev–Trinajstić information content (AvgIpc) is 2.83. The Balaban J connectivity index is 1.88. The van der Waals surface area contributed by atoms with Crippen molar-refractivity contribution in [2.75, 3.05) is 13.7 Å². The van der Waals surface area contributed by atoms with E-state index < -0.39 is 0 Å². The van der Waals surface area contributed by atoms with E-state index in [4.69, 9.17) is 4.74 Å². The van der Waals surface area contributed by atoms with Gasteiger partial charge in [-0.2, -0.15) is 0 Å². The van der Waals surface area contributed by atoms with E-state index >= 15 is 0 Å². The van der Waals surface area contributed by atoms with Crippen LogP contribution in [0.2, 0.25) is 0 Å². The maximum atomic E-state index is 11.6. The first-order valence-corrected chi connectivity index (χ1v) is 7.26. The Morgan fingerprint density at radius 1 is 1.33 bits per heavy atom. The summed E-state index contributed by atoms with van der Waals surface area (Å²) in [5.74, 6) is 0. The topological polar surface area (TPSA) is 34.5 Å². The lowest BCUT2D eigenvalue weighted by Crippen LogP contribution is -2.29. The highest BCUT2D eigenvalue weighted by Crippen LogP contribution is 2.26. The van der Waals surface area contributed by atoms with Crippen LogP contribution >= 0.6 is 0 Å². The van der Waals surface area contributed by atoms with E-state index in [1.54, 1.807) is 4.90 Å². The number of nitrogens with zero attached hydrogens (tertiary/aromatic N) is 2. The Bertz CT molecular complexity index is 700. The van der Waals surface area contributed by atoms with Gasteiger partial charge >= 0.3 is 6.09 Å². The molecule has 1 aliphatic heterocycles. The summed E-state index contributed by atoms with van der Waals surface area (Å²) in [7, 11) is 3.50. The number of aryl methyl sites for hydroxylation is 1. The first-order valence-electron chi connectivity index (χ1n) is 7.26. The average molecular weight is 284 g/mol. The van der Waals surface area contributed by atoms with Crippen LogP contribution in [0, 0.1) is 0 Å². The van der Waals surface area contributed by atoms with Gasteiger partial charge in [0.1, 0.15) is 0 Å². The van der Waals surface area contributed by atoms with Gasteiger partial charge in [0.15, 0.2) is 0 Å². The molecule has 3 rings (SSSR count). The first-order chi connectivity index (χ1) is 10.2. The van der Waals surface area contributed by atoms with Crippen LogP contribution in [-0.4, -0.2) is 29.2 Å². The molecule has 1 aromatic carbocycles. The molecule has 0 bridgehead atoms. The van der Waals surface area contributed by atoms with Crippen molar-refractivity contribution in [3.05, 3.63) is 47.8 Å². The maximum absolute atomic E-state index is 11.6. The monoisotopic (exact) mass is 284 g/mol. The van der Waals surface area contributed by atoms with Crippen molar-refractivity contribution in [2.24, 2.45) is 7.05 Å². The highest BCUT2D eigenvalue weighted by molar-refractivity contribution is 5.84. The number of ether oxygens (including phenoxy) is 1. The molecule has 4 nitrogen and oxygen atoms in total. The lowest BCUT2D eigenvalue weighted by atomic mass is 9.99. The van der Waals surface area contributed by atoms with Crippen LogP contribution in [0.15, 0.2) is 42.2 Å². The summed E-state index contributed by atoms with van der Waals surface area (Å²) in [5, 5.41) is 1.29. The first kappa shape index (κ1) is 13.7. The molecule has 0 radical (unpaired) electrons. The number of benzene rings is 1. The molecule has 0 saturated heterocycles. The van der Waals surface area contributed by atoms with Gasteiger partial charge in [-0.15, -0.1) is 0 Å². The summed E-state index contributed by atoms with van der Waals surface area (Å²) in [6, 6.07) is 8.42. The molecule has 1 amide bonds. The number of carbonyl (C=O) groups excluding carboxylic acids is 1. The van der Waals surface area contributed by atoms with Gasteiger partial charge in [0.25, 0.3) is 0 Å². The third kappa shape index (κ3) is 2.66. The van der Waals surface area contributed by atoms with Crippen molar-refractivity contribution in [3.8, 4) is 0 Å². The largest absolute Gasteiger partial charge is 0.452 e. The van der Waals surface area contributed by atoms with Gasteiger partial charge in [-0.25, -0.2) is 4.79 Å². The number of para-hydroxylation sites is 1. The standard InChI is InChI=1S/C17H20N2O2/c1-18-12-14(15-7-3-4-8-16(15)18)10-13-6-5-9-19(11-13)17(20)21-2/h3-4,7-8,11-12H,5-6,9-10H2,1-2H3. The summed E-state index contributed by atoms with van der Waals surface area (Å²) in [5.41, 5.74) is 3.84. The molecule has 0 atom stereocenters. The zero-order valence-corrected chi connectivity index (χ0v) is 12.5. The lowest BCUT2D eigenvalue weighted by molar-refractivity contribution is 0.137. The van der Waals surface area contributed by atoms with E-state index in [0.717, 1.165) is 25.8 Å². The molecule has 0 N–H and O–H groups in total. The zero-order chi connectivity index (χ0) is 14.8. The molecule has 2 aromatic rings. The van der Waals surface area contributed by atoms with Gasteiger partial charge in [-0.05, 0) is 36.5 Å². The molecule has 0 spiro atoms. The minimum Gasteiger partial charge on any atom is -0.452 e. The zero-order valence-electron chi connectivity index (χ0n) is 12.5. The van der Waals surface area contributed by atoms with Gasteiger partial charge in [0.2, 0.25) is 0 Å². The van der Waals surface area contributed by atoms with E-state index in [9.17, 15) is 4.79 Å². The van der Waals surface area contributed by atoms with Crippen LogP contribution in [0.3, 0.4) is 0 Å². The van der Waals surface area contributed by atoms with Gasteiger partial charge in [0.05, 0.1) is 7.11 Å². The molecule has 0 saturated carbocycles. The third-order valence-corrected chi connectivity index (χ3v) is 4.04. The minimum atomic E-state index is -0.273. The number of carbonyl (C=O) groups is 1. The second-order valence-corrected chi connectivity index (χ2v) is 5.51. The number of aromatic nitrogens is 1. The van der Waals surface area contributed by atoms with Crippen LogP contribution < -0.4 is 0 Å². The number of hydrogen-bond acceptors (Lipinski definition) is 2. The van der Waals surface area contributed by atoms with Crippen molar-refractivity contribution < 1.29 is 9.53 Å². The van der Waals surface area contributed by atoms with E-state index in [1.165, 1.54) is 29.1 Å². The van der Waals surface area contributed by atoms with Crippen LogP contribution in [0.5, 0.6) is 0 Å². The number of methoxy groups -OCH3 is 1. The van der Waals surface area contributed by atoms with Gasteiger partial charge in [-0.1, -0.05) is 18.2 Å². The predicted molar refractivity (Wildman–Crippen MR) is 83.1 cm³/mol. The highest BCUT2D eigenvalue weighted by Gasteiger charge is 2.18. The van der Waals surface area contributed by atoms with E-state index in [2.05, 4.69) is 42.1 Å². The Kier molecular flexibility index (Phi) is 3.69. The Labute approximate surface area is 124 Å². The van der Waals surface area contributed by atoms with Gasteiger partial charge in [-0.3, -0.25) is 4.90 Å². The molecular formula is C17H20N2O2. The summed E-state index contributed by atoms with van der Waals surface area (Å²) in [4.78, 5) is 13.3. The molecule has 4 heteroatoms. The molecule has 2 heterocycles. The Morgan fingerprint density at radius 3 is 2.95 bits per heavy atom. The quantitative estimate of drug-likeness (QED) is 0.846. The fraction of sp³-hybridized carbons (Fsp3) is 0.353. The summed E-state index contributed by atoms with van der Waals surface area (Å²) in [6.45, 7) is 0.742. The van der Waals surface area contributed by atoms with Crippen LogP contribution in [0.1, 0.15) is 18.4 Å². The number of fused-ring (bicyclic) bond motifs is 1. The summed E-state index contributed by atoms with van der Waals surface area (Å²) in [6.07, 6.45) is 6.78. The summed E-state index contributed by atoms with van der Waals surface area (Å²) >= 11 is 0. The van der Waals surface area contributed by atoms with Crippen molar-refractivity contribution in [2.45, 2.75) is 19.3 Å². The van der Waals surface area contributed by atoms with Crippen molar-refractivity contribution in [1.29, 1.82) is 0 Å². The molecule has 1 aromatic heterocycles. The van der Waals surface area contributed by atoms with Crippen molar-refractivity contribution >= 4 is 17.0 Å². The second-order valence-electron chi connectivity index (χ2n) is 5.51. The minimum absolute atomic E-state index is 0.273. The van der Waals surface area contributed by atoms with Crippen LogP contribution in [0.25, 0.3) is 10.9 Å². The van der Waals surface area contributed by atoms with Gasteiger partial charge < -0.3 is 9.30 Å². The van der Waals surface area contributed by atoms with Crippen LogP contribution in [0.4, 0.5) is 4.79 Å². The maximum Gasteiger partial charge on any atom is 0.413 e. The molecular weight excluding hydrogens is 264 g/mol. The van der Waals surface area contributed by atoms with Crippen molar-refractivity contribution in [3.63, 3.8) is 0 Å². The SMILES string of the molecule is COC(=O)N1C=C(Cc2cn(C)c3ccccc23)CCC1. The lowest BCUT2D eigenvalue weighted by Gasteiger charge is -2.23. The van der Waals surface area contributed by atoms with Gasteiger partial charge in [0, 0.05) is 36.9 Å². The van der Waals surface area contributed by atoms with E-state index in [1.807, 2.05) is 6.20 Å². The summed E-state index contributed by atoms with van der Waals surface area (Å²) < 4.78 is 6.96. The molecule has 0 aliphatic carbocycles. The Hall–Kier alpha value is -2.23. The van der Waals surface area contributed by atoms with Crippen molar-refractivity contribution in [1.82, 2.24) is 9.47 Å². The molecule has 0 unspecified atom stereocenters. The second kappa shape index (κ2) is 5.64. The number of amides is 1. The third-order valence-electron chi connectivity index (χ3n) is 4.04. The predicted octanol–water partition coefficient (Wildman–Crippen LogP) is 3.47. The number of rotatable bonds is 2. The number of allylic oxidation sites excluding steroid dienone is 1. The van der Waals surface area contributed by atoms with Crippen LogP contribution in [-0.2, 0) is 18.2 Å². The smallest absolute Gasteiger partial charge is 0.413 e. The fourth-order valence-electron chi connectivity index (χ4n) is 3.03. The Morgan fingerprint density at radius 2 is 2.14 bits per heavy atom. The molecule has 1 aliphatic rings. The fourth-order valence-corrected chi connectivity index (χ4v) is 3.03.